The highest BCUT2D eigenvalue weighted by Crippen LogP contribution is 2.15. The van der Waals surface area contributed by atoms with E-state index >= 15 is 0 Å². The molecule has 29 heavy (non-hydrogen) atoms. The molecular formula is C21H23ClFN3O3. The number of rotatable bonds is 7. The molecule has 0 unspecified atom stereocenters. The topological polar surface area (TPSA) is 61.9 Å². The second-order valence-electron chi connectivity index (χ2n) is 6.77. The van der Waals surface area contributed by atoms with Gasteiger partial charge in [0.15, 0.2) is 6.61 Å². The van der Waals surface area contributed by atoms with Gasteiger partial charge in [-0.3, -0.25) is 14.5 Å². The largest absolute Gasteiger partial charge is 0.484 e. The number of halogens is 2. The average molecular weight is 420 g/mol. The zero-order chi connectivity index (χ0) is 20.6. The SMILES string of the molecule is O=C(CCN1CCN(C(=O)COc2ccc(F)cc2)CC1)Nc1cccc(Cl)c1. The molecule has 1 fully saturated rings. The van der Waals surface area contributed by atoms with Crippen LogP contribution in [-0.4, -0.2) is 60.9 Å². The van der Waals surface area contributed by atoms with Gasteiger partial charge in [-0.2, -0.15) is 0 Å². The van der Waals surface area contributed by atoms with Crippen LogP contribution in [0.2, 0.25) is 5.02 Å². The second-order valence-corrected chi connectivity index (χ2v) is 7.21. The molecular weight excluding hydrogens is 397 g/mol. The van der Waals surface area contributed by atoms with Crippen molar-refractivity contribution in [3.8, 4) is 5.75 Å². The summed E-state index contributed by atoms with van der Waals surface area (Å²) in [4.78, 5) is 28.3. The van der Waals surface area contributed by atoms with Gasteiger partial charge in [0.1, 0.15) is 11.6 Å². The van der Waals surface area contributed by atoms with Gasteiger partial charge in [-0.25, -0.2) is 4.39 Å². The van der Waals surface area contributed by atoms with E-state index in [-0.39, 0.29) is 24.2 Å². The number of carbonyl (C=O) groups is 2. The first-order chi connectivity index (χ1) is 14.0. The number of anilines is 1. The number of piperazine rings is 1. The van der Waals surface area contributed by atoms with Gasteiger partial charge in [0, 0.05) is 49.9 Å². The highest BCUT2D eigenvalue weighted by atomic mass is 35.5. The third-order valence-corrected chi connectivity index (χ3v) is 4.90. The zero-order valence-corrected chi connectivity index (χ0v) is 16.7. The first kappa shape index (κ1) is 21.1. The highest BCUT2D eigenvalue weighted by molar-refractivity contribution is 6.30. The molecule has 0 bridgehead atoms. The van der Waals surface area contributed by atoms with Gasteiger partial charge in [0.05, 0.1) is 0 Å². The molecule has 0 spiro atoms. The molecule has 0 saturated carbocycles. The van der Waals surface area contributed by atoms with Gasteiger partial charge in [0.2, 0.25) is 5.91 Å². The minimum absolute atomic E-state index is 0.0709. The van der Waals surface area contributed by atoms with E-state index in [2.05, 4.69) is 10.2 Å². The maximum atomic E-state index is 12.9. The first-order valence-electron chi connectivity index (χ1n) is 9.43. The number of nitrogens with zero attached hydrogens (tertiary/aromatic N) is 2. The van der Waals surface area contributed by atoms with E-state index in [1.165, 1.54) is 24.3 Å². The van der Waals surface area contributed by atoms with Gasteiger partial charge in [0.25, 0.3) is 5.91 Å². The summed E-state index contributed by atoms with van der Waals surface area (Å²) in [6, 6.07) is 12.6. The van der Waals surface area contributed by atoms with E-state index < -0.39 is 0 Å². The molecule has 8 heteroatoms. The van der Waals surface area contributed by atoms with Crippen LogP contribution in [0.4, 0.5) is 10.1 Å². The van der Waals surface area contributed by atoms with Crippen LogP contribution in [0.1, 0.15) is 6.42 Å². The molecule has 1 aliphatic heterocycles. The maximum absolute atomic E-state index is 12.9. The Hall–Kier alpha value is -2.64. The number of nitrogens with one attached hydrogen (secondary N) is 1. The number of benzene rings is 2. The lowest BCUT2D eigenvalue weighted by Gasteiger charge is -2.34. The van der Waals surface area contributed by atoms with Crippen LogP contribution in [0.3, 0.4) is 0 Å². The van der Waals surface area contributed by atoms with Crippen molar-refractivity contribution in [2.45, 2.75) is 6.42 Å². The van der Waals surface area contributed by atoms with Gasteiger partial charge in [-0.15, -0.1) is 0 Å². The molecule has 0 radical (unpaired) electrons. The van der Waals surface area contributed by atoms with Gasteiger partial charge >= 0.3 is 0 Å². The third kappa shape index (κ3) is 6.73. The zero-order valence-electron chi connectivity index (χ0n) is 15.9. The molecule has 0 aliphatic carbocycles. The molecule has 6 nitrogen and oxygen atoms in total. The first-order valence-corrected chi connectivity index (χ1v) is 9.81. The van der Waals surface area contributed by atoms with Crippen molar-refractivity contribution in [2.24, 2.45) is 0 Å². The number of hydrogen-bond acceptors (Lipinski definition) is 4. The third-order valence-electron chi connectivity index (χ3n) is 4.66. The summed E-state index contributed by atoms with van der Waals surface area (Å²) in [6.45, 7) is 3.12. The molecule has 1 N–H and O–H groups in total. The normalized spacial score (nSPS) is 14.5. The molecule has 0 atom stereocenters. The molecule has 1 aliphatic rings. The maximum Gasteiger partial charge on any atom is 0.260 e. The van der Waals surface area contributed by atoms with E-state index in [4.69, 9.17) is 16.3 Å². The van der Waals surface area contributed by atoms with Crippen molar-refractivity contribution in [3.05, 3.63) is 59.4 Å². The van der Waals surface area contributed by atoms with Gasteiger partial charge in [-0.05, 0) is 42.5 Å². The summed E-state index contributed by atoms with van der Waals surface area (Å²) in [5.74, 6) is -0.0590. The minimum Gasteiger partial charge on any atom is -0.484 e. The van der Waals surface area contributed by atoms with Crippen LogP contribution in [0.5, 0.6) is 5.75 Å². The summed E-state index contributed by atoms with van der Waals surface area (Å²) in [5.41, 5.74) is 0.680. The quantitative estimate of drug-likeness (QED) is 0.749. The van der Waals surface area contributed by atoms with Crippen molar-refractivity contribution in [3.63, 3.8) is 0 Å². The Bertz CT molecular complexity index is 839. The molecule has 1 heterocycles. The summed E-state index contributed by atoms with van der Waals surface area (Å²) in [5, 5.41) is 3.41. The lowest BCUT2D eigenvalue weighted by Crippen LogP contribution is -2.50. The average Bonchev–Trinajstić information content (AvgIpc) is 2.72. The summed E-state index contributed by atoms with van der Waals surface area (Å²) in [7, 11) is 0. The van der Waals surface area contributed by atoms with E-state index in [0.717, 1.165) is 0 Å². The van der Waals surface area contributed by atoms with Gasteiger partial charge < -0.3 is 15.0 Å². The lowest BCUT2D eigenvalue weighted by molar-refractivity contribution is -0.135. The minimum atomic E-state index is -0.346. The summed E-state index contributed by atoms with van der Waals surface area (Å²) >= 11 is 5.91. The Labute approximate surface area is 174 Å². The fourth-order valence-corrected chi connectivity index (χ4v) is 3.23. The van der Waals surface area contributed by atoms with Crippen LogP contribution >= 0.6 is 11.6 Å². The second kappa shape index (κ2) is 10.2. The highest BCUT2D eigenvalue weighted by Gasteiger charge is 2.21. The van der Waals surface area contributed by atoms with Gasteiger partial charge in [-0.1, -0.05) is 17.7 Å². The molecule has 1 saturated heterocycles. The Morgan fingerprint density at radius 1 is 1.07 bits per heavy atom. The van der Waals surface area contributed by atoms with E-state index in [1.807, 2.05) is 0 Å². The number of carbonyl (C=O) groups excluding carboxylic acids is 2. The van der Waals surface area contributed by atoms with Crippen molar-refractivity contribution in [2.75, 3.05) is 44.6 Å². The van der Waals surface area contributed by atoms with Crippen molar-refractivity contribution >= 4 is 29.1 Å². The van der Waals surface area contributed by atoms with Crippen molar-refractivity contribution in [1.29, 1.82) is 0 Å². The Kier molecular flexibility index (Phi) is 7.43. The standard InChI is InChI=1S/C21H23ClFN3O3/c22-16-2-1-3-18(14-16)24-20(27)8-9-25-10-12-26(13-11-25)21(28)15-29-19-6-4-17(23)5-7-19/h1-7,14H,8-13,15H2,(H,24,27). The smallest absolute Gasteiger partial charge is 0.260 e. The molecule has 0 aromatic heterocycles. The van der Waals surface area contributed by atoms with Crippen LogP contribution in [0.25, 0.3) is 0 Å². The number of amides is 2. The van der Waals surface area contributed by atoms with Crippen molar-refractivity contribution < 1.29 is 18.7 Å². The Morgan fingerprint density at radius 2 is 1.79 bits per heavy atom. The van der Waals surface area contributed by atoms with Crippen molar-refractivity contribution in [1.82, 2.24) is 9.80 Å². The molecule has 154 valence electrons. The molecule has 2 aromatic rings. The van der Waals surface area contributed by atoms with E-state index in [0.29, 0.717) is 55.6 Å². The Morgan fingerprint density at radius 3 is 2.48 bits per heavy atom. The van der Waals surface area contributed by atoms with Crippen LogP contribution in [0, 0.1) is 5.82 Å². The predicted molar refractivity (Wildman–Crippen MR) is 110 cm³/mol. The Balaban J connectivity index is 1.34. The van der Waals surface area contributed by atoms with E-state index in [9.17, 15) is 14.0 Å². The fourth-order valence-electron chi connectivity index (χ4n) is 3.04. The molecule has 3 rings (SSSR count). The summed E-state index contributed by atoms with van der Waals surface area (Å²) < 4.78 is 18.3. The number of ether oxygens (including phenoxy) is 1. The van der Waals surface area contributed by atoms with Crippen LogP contribution in [0.15, 0.2) is 48.5 Å². The van der Waals surface area contributed by atoms with E-state index in [1.54, 1.807) is 29.2 Å². The summed E-state index contributed by atoms with van der Waals surface area (Å²) in [6.07, 6.45) is 0.369. The van der Waals surface area contributed by atoms with Crippen LogP contribution in [-0.2, 0) is 9.59 Å². The molecule has 2 aromatic carbocycles. The number of hydrogen-bond donors (Lipinski definition) is 1. The lowest BCUT2D eigenvalue weighted by atomic mass is 10.2. The monoisotopic (exact) mass is 419 g/mol. The van der Waals surface area contributed by atoms with Crippen LogP contribution < -0.4 is 10.1 Å². The molecule has 2 amide bonds. The fraction of sp³-hybridized carbons (Fsp3) is 0.333. The predicted octanol–water partition coefficient (Wildman–Crippen LogP) is 3.03.